The monoisotopic (exact) mass is 359 g/mol. The molecule has 1 aromatic carbocycles. The Kier molecular flexibility index (Phi) is 4.71. The second-order valence-electron chi connectivity index (χ2n) is 6.99. The highest BCUT2D eigenvalue weighted by Crippen LogP contribution is 2.36. The summed E-state index contributed by atoms with van der Waals surface area (Å²) in [5.74, 6) is 0.814. The minimum Gasteiger partial charge on any atom is -0.497 e. The fourth-order valence-electron chi connectivity index (χ4n) is 3.88. The van der Waals surface area contributed by atoms with E-state index in [2.05, 4.69) is 10.4 Å². The maximum Gasteiger partial charge on any atom is 0.183 e. The van der Waals surface area contributed by atoms with E-state index >= 15 is 0 Å². The van der Waals surface area contributed by atoms with Crippen molar-refractivity contribution in [2.24, 2.45) is 0 Å². The van der Waals surface area contributed by atoms with Crippen LogP contribution in [0.15, 0.2) is 30.3 Å². The van der Waals surface area contributed by atoms with E-state index in [4.69, 9.17) is 14.2 Å². The molecule has 140 valence electrons. The summed E-state index contributed by atoms with van der Waals surface area (Å²) in [5, 5.41) is 19.0. The van der Waals surface area contributed by atoms with Gasteiger partial charge >= 0.3 is 0 Å². The molecule has 5 atom stereocenters. The molecule has 2 saturated heterocycles. The molecule has 2 aromatic rings. The molecule has 1 aromatic heterocycles. The summed E-state index contributed by atoms with van der Waals surface area (Å²) < 4.78 is 18.9. The second kappa shape index (κ2) is 7.00. The number of benzene rings is 1. The van der Waals surface area contributed by atoms with Crippen LogP contribution in [0.1, 0.15) is 23.0 Å². The Morgan fingerprint density at radius 2 is 2.19 bits per heavy atom. The van der Waals surface area contributed by atoms with Crippen molar-refractivity contribution in [1.29, 1.82) is 0 Å². The summed E-state index contributed by atoms with van der Waals surface area (Å²) in [7, 11) is 1.65. The van der Waals surface area contributed by atoms with Crippen LogP contribution in [0.2, 0.25) is 0 Å². The number of fused-ring (bicyclic) bond motifs is 2. The minimum absolute atomic E-state index is 0.172. The zero-order chi connectivity index (χ0) is 18.3. The van der Waals surface area contributed by atoms with Gasteiger partial charge in [-0.3, -0.25) is 4.68 Å². The van der Waals surface area contributed by atoms with Gasteiger partial charge in [0.25, 0.3) is 0 Å². The molecule has 2 fully saturated rings. The van der Waals surface area contributed by atoms with E-state index in [1.54, 1.807) is 7.11 Å². The van der Waals surface area contributed by atoms with Crippen LogP contribution in [0, 0.1) is 13.8 Å². The highest BCUT2D eigenvalue weighted by atomic mass is 16.7. The Balaban J connectivity index is 1.53. The van der Waals surface area contributed by atoms with Gasteiger partial charge in [0.15, 0.2) is 6.29 Å². The Morgan fingerprint density at radius 1 is 1.35 bits per heavy atom. The standard InChI is InChI=1S/C19H25N3O4/c1-11-7-12(2)22(21-11)17-18(23)16(15-10-25-19(17)26-15)20-9-13-5-4-6-14(8-13)24-3/h4-8,15-20,23H,9-10H2,1-3H3. The van der Waals surface area contributed by atoms with Gasteiger partial charge in [-0.05, 0) is 37.6 Å². The predicted octanol–water partition coefficient (Wildman–Crippen LogP) is 1.32. The lowest BCUT2D eigenvalue weighted by Crippen LogP contribution is -2.57. The minimum atomic E-state index is -0.662. The number of aryl methyl sites for hydroxylation is 2. The molecule has 4 rings (SSSR count). The number of hydrogen-bond acceptors (Lipinski definition) is 6. The molecule has 3 heterocycles. The van der Waals surface area contributed by atoms with Crippen LogP contribution in [0.3, 0.4) is 0 Å². The number of hydrogen-bond donors (Lipinski definition) is 2. The lowest BCUT2D eigenvalue weighted by atomic mass is 9.95. The molecule has 0 amide bonds. The topological polar surface area (TPSA) is 77.8 Å². The fraction of sp³-hybridized carbons (Fsp3) is 0.526. The van der Waals surface area contributed by atoms with Crippen molar-refractivity contribution in [3.05, 3.63) is 47.3 Å². The lowest BCUT2D eigenvalue weighted by Gasteiger charge is -2.39. The molecule has 0 radical (unpaired) electrons. The van der Waals surface area contributed by atoms with Crippen molar-refractivity contribution in [2.45, 2.75) is 51.0 Å². The summed E-state index contributed by atoms with van der Waals surface area (Å²) >= 11 is 0. The smallest absolute Gasteiger partial charge is 0.183 e. The number of rotatable bonds is 5. The number of nitrogens with one attached hydrogen (secondary N) is 1. The van der Waals surface area contributed by atoms with Crippen LogP contribution in [0.5, 0.6) is 5.75 Å². The Bertz CT molecular complexity index is 778. The van der Waals surface area contributed by atoms with Crippen LogP contribution >= 0.6 is 0 Å². The first-order valence-electron chi connectivity index (χ1n) is 8.91. The van der Waals surface area contributed by atoms with Crippen molar-refractivity contribution >= 4 is 0 Å². The third-order valence-corrected chi connectivity index (χ3v) is 5.13. The normalized spacial score (nSPS) is 30.5. The van der Waals surface area contributed by atoms with Crippen LogP contribution in [-0.2, 0) is 16.0 Å². The maximum atomic E-state index is 11.1. The van der Waals surface area contributed by atoms with Crippen LogP contribution < -0.4 is 10.1 Å². The van der Waals surface area contributed by atoms with Crippen molar-refractivity contribution in [3.63, 3.8) is 0 Å². The van der Waals surface area contributed by atoms with Crippen LogP contribution in [0.25, 0.3) is 0 Å². The van der Waals surface area contributed by atoms with E-state index in [0.29, 0.717) is 13.2 Å². The number of methoxy groups -OCH3 is 1. The van der Waals surface area contributed by atoms with E-state index in [-0.39, 0.29) is 18.2 Å². The van der Waals surface area contributed by atoms with Gasteiger partial charge in [0, 0.05) is 12.2 Å². The first-order valence-corrected chi connectivity index (χ1v) is 8.91. The van der Waals surface area contributed by atoms with Gasteiger partial charge < -0.3 is 24.6 Å². The van der Waals surface area contributed by atoms with Crippen LogP contribution in [-0.4, -0.2) is 53.1 Å². The molecule has 7 nitrogen and oxygen atoms in total. The quantitative estimate of drug-likeness (QED) is 0.839. The SMILES string of the molecule is COc1cccc(CNC2C3COC(O3)C(n3nc(C)cc3C)C2O)c1. The Hall–Kier alpha value is -1.93. The zero-order valence-electron chi connectivity index (χ0n) is 15.3. The molecule has 2 aliphatic heterocycles. The third-order valence-electron chi connectivity index (χ3n) is 5.13. The van der Waals surface area contributed by atoms with Crippen molar-refractivity contribution in [2.75, 3.05) is 13.7 Å². The van der Waals surface area contributed by atoms with Gasteiger partial charge in [-0.1, -0.05) is 12.1 Å². The van der Waals surface area contributed by atoms with Gasteiger partial charge in [0.1, 0.15) is 17.9 Å². The molecule has 5 unspecified atom stereocenters. The summed E-state index contributed by atoms with van der Waals surface area (Å²) in [6, 6.07) is 9.26. The molecule has 0 spiro atoms. The third kappa shape index (κ3) is 3.12. The van der Waals surface area contributed by atoms with Crippen molar-refractivity contribution in [1.82, 2.24) is 15.1 Å². The number of nitrogens with zero attached hydrogens (tertiary/aromatic N) is 2. The molecule has 7 heteroatoms. The maximum absolute atomic E-state index is 11.1. The van der Waals surface area contributed by atoms with E-state index < -0.39 is 12.4 Å². The summed E-state index contributed by atoms with van der Waals surface area (Å²) in [5.41, 5.74) is 2.98. The average molecular weight is 359 g/mol. The number of aromatic nitrogens is 2. The van der Waals surface area contributed by atoms with Gasteiger partial charge in [-0.25, -0.2) is 0 Å². The summed E-state index contributed by atoms with van der Waals surface area (Å²) in [4.78, 5) is 0. The number of aliphatic hydroxyl groups excluding tert-OH is 1. The van der Waals surface area contributed by atoms with Gasteiger partial charge in [-0.2, -0.15) is 5.10 Å². The highest BCUT2D eigenvalue weighted by molar-refractivity contribution is 5.28. The zero-order valence-corrected chi connectivity index (χ0v) is 15.3. The van der Waals surface area contributed by atoms with Crippen molar-refractivity contribution < 1.29 is 19.3 Å². The van der Waals surface area contributed by atoms with E-state index in [1.165, 1.54) is 0 Å². The molecule has 2 bridgehead atoms. The summed E-state index contributed by atoms with van der Waals surface area (Å²) in [6.07, 6.45) is -1.30. The lowest BCUT2D eigenvalue weighted by molar-refractivity contribution is -0.168. The Morgan fingerprint density at radius 3 is 2.92 bits per heavy atom. The fourth-order valence-corrected chi connectivity index (χ4v) is 3.88. The molecular formula is C19H25N3O4. The van der Waals surface area contributed by atoms with Gasteiger partial charge in [0.2, 0.25) is 0 Å². The molecule has 2 aliphatic rings. The van der Waals surface area contributed by atoms with Gasteiger partial charge in [-0.15, -0.1) is 0 Å². The number of aliphatic hydroxyl groups is 1. The molecule has 26 heavy (non-hydrogen) atoms. The average Bonchev–Trinajstić information content (AvgIpc) is 3.20. The largest absolute Gasteiger partial charge is 0.497 e. The van der Waals surface area contributed by atoms with Gasteiger partial charge in [0.05, 0.1) is 31.6 Å². The predicted molar refractivity (Wildman–Crippen MR) is 95.0 cm³/mol. The highest BCUT2D eigenvalue weighted by Gasteiger charge is 2.51. The first-order chi connectivity index (χ1) is 12.6. The van der Waals surface area contributed by atoms with E-state index in [0.717, 1.165) is 22.7 Å². The molecule has 0 aliphatic carbocycles. The Labute approximate surface area is 152 Å². The second-order valence-corrected chi connectivity index (χ2v) is 6.99. The molecule has 2 N–H and O–H groups in total. The van der Waals surface area contributed by atoms with E-state index in [1.807, 2.05) is 48.9 Å². The number of ether oxygens (including phenoxy) is 3. The van der Waals surface area contributed by atoms with E-state index in [9.17, 15) is 5.11 Å². The molecule has 0 saturated carbocycles. The summed E-state index contributed by atoms with van der Waals surface area (Å²) in [6.45, 7) is 4.99. The first kappa shape index (κ1) is 17.5. The van der Waals surface area contributed by atoms with Crippen LogP contribution in [0.4, 0.5) is 0 Å². The van der Waals surface area contributed by atoms with Crippen molar-refractivity contribution in [3.8, 4) is 5.75 Å². The molecular weight excluding hydrogens is 334 g/mol.